The summed E-state index contributed by atoms with van der Waals surface area (Å²) >= 11 is 5.63. The fourth-order valence-corrected chi connectivity index (χ4v) is 1.50. The zero-order valence-electron chi connectivity index (χ0n) is 7.10. The summed E-state index contributed by atoms with van der Waals surface area (Å²) in [6.45, 7) is 4.73. The molecule has 0 radical (unpaired) electrons. The minimum atomic E-state index is -0.367. The standard InChI is InChI=1S/C8H15ClO2/c1-3-4-8(2)10-6-7(5-9)11-8/h7H,3-6H2,1-2H3/t7-,8-/m0/s1. The topological polar surface area (TPSA) is 18.5 Å². The van der Waals surface area contributed by atoms with Gasteiger partial charge in [-0.3, -0.25) is 0 Å². The Morgan fingerprint density at radius 3 is 2.82 bits per heavy atom. The van der Waals surface area contributed by atoms with Crippen LogP contribution in [0.4, 0.5) is 0 Å². The van der Waals surface area contributed by atoms with E-state index in [1.807, 2.05) is 6.92 Å². The van der Waals surface area contributed by atoms with Crippen molar-refractivity contribution in [1.29, 1.82) is 0 Å². The molecule has 0 spiro atoms. The largest absolute Gasteiger partial charge is 0.347 e. The second-order valence-corrected chi connectivity index (χ2v) is 3.40. The van der Waals surface area contributed by atoms with Gasteiger partial charge in [-0.1, -0.05) is 13.3 Å². The molecule has 1 saturated heterocycles. The van der Waals surface area contributed by atoms with E-state index in [1.165, 1.54) is 0 Å². The van der Waals surface area contributed by atoms with E-state index in [9.17, 15) is 0 Å². The first-order valence-electron chi connectivity index (χ1n) is 4.08. The van der Waals surface area contributed by atoms with Crippen LogP contribution in [0.3, 0.4) is 0 Å². The van der Waals surface area contributed by atoms with Crippen LogP contribution in [0.5, 0.6) is 0 Å². The summed E-state index contributed by atoms with van der Waals surface area (Å²) in [4.78, 5) is 0. The normalized spacial score (nSPS) is 37.9. The Hall–Kier alpha value is 0.210. The van der Waals surface area contributed by atoms with Crippen LogP contribution in [0.15, 0.2) is 0 Å². The van der Waals surface area contributed by atoms with Crippen LogP contribution in [0.2, 0.25) is 0 Å². The predicted octanol–water partition coefficient (Wildman–Crippen LogP) is 2.16. The van der Waals surface area contributed by atoms with Crippen LogP contribution in [0.25, 0.3) is 0 Å². The molecule has 1 aliphatic heterocycles. The summed E-state index contributed by atoms with van der Waals surface area (Å²) in [6.07, 6.45) is 2.11. The maximum Gasteiger partial charge on any atom is 0.166 e. The first-order chi connectivity index (χ1) is 5.20. The van der Waals surface area contributed by atoms with Gasteiger partial charge in [0.05, 0.1) is 18.6 Å². The molecule has 0 unspecified atom stereocenters. The van der Waals surface area contributed by atoms with E-state index in [0.717, 1.165) is 12.8 Å². The van der Waals surface area contributed by atoms with E-state index in [4.69, 9.17) is 21.1 Å². The quantitative estimate of drug-likeness (QED) is 0.617. The van der Waals surface area contributed by atoms with Crippen molar-refractivity contribution in [3.8, 4) is 0 Å². The van der Waals surface area contributed by atoms with E-state index in [1.54, 1.807) is 0 Å². The molecular formula is C8H15ClO2. The fraction of sp³-hybridized carbons (Fsp3) is 1.00. The molecule has 0 aromatic carbocycles. The van der Waals surface area contributed by atoms with E-state index in [2.05, 4.69) is 6.92 Å². The Bertz CT molecular complexity index is 129. The first kappa shape index (κ1) is 9.30. The van der Waals surface area contributed by atoms with Gasteiger partial charge in [-0.2, -0.15) is 0 Å². The van der Waals surface area contributed by atoms with Crippen LogP contribution >= 0.6 is 11.6 Å². The minimum absolute atomic E-state index is 0.0909. The molecule has 1 heterocycles. The van der Waals surface area contributed by atoms with Gasteiger partial charge in [-0.25, -0.2) is 0 Å². The molecule has 0 aromatic rings. The lowest BCUT2D eigenvalue weighted by atomic mass is 10.2. The third-order valence-corrected chi connectivity index (χ3v) is 2.21. The van der Waals surface area contributed by atoms with Crippen LogP contribution in [-0.2, 0) is 9.47 Å². The second kappa shape index (κ2) is 3.74. The minimum Gasteiger partial charge on any atom is -0.347 e. The molecule has 0 bridgehead atoms. The molecule has 11 heavy (non-hydrogen) atoms. The summed E-state index contributed by atoms with van der Waals surface area (Å²) in [5, 5.41) is 0. The smallest absolute Gasteiger partial charge is 0.166 e. The van der Waals surface area contributed by atoms with Crippen molar-refractivity contribution < 1.29 is 9.47 Å². The second-order valence-electron chi connectivity index (χ2n) is 3.09. The zero-order valence-corrected chi connectivity index (χ0v) is 7.86. The SMILES string of the molecule is CCC[C@@]1(C)OC[C@H](CCl)O1. The van der Waals surface area contributed by atoms with Crippen molar-refractivity contribution in [1.82, 2.24) is 0 Å². The number of halogens is 1. The maximum atomic E-state index is 5.63. The molecule has 0 amide bonds. The van der Waals surface area contributed by atoms with E-state index >= 15 is 0 Å². The highest BCUT2D eigenvalue weighted by molar-refractivity contribution is 6.18. The lowest BCUT2D eigenvalue weighted by Gasteiger charge is -2.21. The van der Waals surface area contributed by atoms with Gasteiger partial charge in [0.15, 0.2) is 5.79 Å². The molecule has 3 heteroatoms. The highest BCUT2D eigenvalue weighted by atomic mass is 35.5. The Labute approximate surface area is 72.8 Å². The lowest BCUT2D eigenvalue weighted by molar-refractivity contribution is -0.156. The molecule has 1 rings (SSSR count). The van der Waals surface area contributed by atoms with E-state index in [0.29, 0.717) is 12.5 Å². The lowest BCUT2D eigenvalue weighted by Crippen LogP contribution is -2.26. The van der Waals surface area contributed by atoms with Crippen molar-refractivity contribution in [2.45, 2.75) is 38.6 Å². The molecule has 2 atom stereocenters. The molecule has 66 valence electrons. The Morgan fingerprint density at radius 1 is 1.64 bits per heavy atom. The van der Waals surface area contributed by atoms with E-state index < -0.39 is 0 Å². The monoisotopic (exact) mass is 178 g/mol. The third kappa shape index (κ3) is 2.32. The van der Waals surface area contributed by atoms with Crippen molar-refractivity contribution in [3.63, 3.8) is 0 Å². The molecular weight excluding hydrogens is 164 g/mol. The van der Waals surface area contributed by atoms with Crippen molar-refractivity contribution in [2.75, 3.05) is 12.5 Å². The van der Waals surface area contributed by atoms with Gasteiger partial charge in [0.1, 0.15) is 0 Å². The molecule has 2 nitrogen and oxygen atoms in total. The highest BCUT2D eigenvalue weighted by Crippen LogP contribution is 2.27. The summed E-state index contributed by atoms with van der Waals surface area (Å²) in [6, 6.07) is 0. The Balaban J connectivity index is 2.37. The van der Waals surface area contributed by atoms with Gasteiger partial charge in [-0.05, 0) is 6.92 Å². The number of rotatable bonds is 3. The predicted molar refractivity (Wildman–Crippen MR) is 44.9 cm³/mol. The number of alkyl halides is 1. The highest BCUT2D eigenvalue weighted by Gasteiger charge is 2.35. The molecule has 0 aliphatic carbocycles. The van der Waals surface area contributed by atoms with Crippen LogP contribution in [-0.4, -0.2) is 24.4 Å². The Kier molecular flexibility index (Phi) is 3.16. The maximum absolute atomic E-state index is 5.63. The summed E-state index contributed by atoms with van der Waals surface area (Å²) in [7, 11) is 0. The molecule has 1 aliphatic rings. The average molecular weight is 179 g/mol. The summed E-state index contributed by atoms with van der Waals surface area (Å²) in [5.41, 5.74) is 0. The van der Waals surface area contributed by atoms with Crippen molar-refractivity contribution in [2.24, 2.45) is 0 Å². The Morgan fingerprint density at radius 2 is 2.36 bits per heavy atom. The van der Waals surface area contributed by atoms with E-state index in [-0.39, 0.29) is 11.9 Å². The van der Waals surface area contributed by atoms with Gasteiger partial charge in [0.25, 0.3) is 0 Å². The van der Waals surface area contributed by atoms with Gasteiger partial charge >= 0.3 is 0 Å². The van der Waals surface area contributed by atoms with Crippen molar-refractivity contribution >= 4 is 11.6 Å². The first-order valence-corrected chi connectivity index (χ1v) is 4.61. The van der Waals surface area contributed by atoms with Gasteiger partial charge in [0, 0.05) is 6.42 Å². The average Bonchev–Trinajstić information content (AvgIpc) is 2.33. The van der Waals surface area contributed by atoms with Gasteiger partial charge in [0.2, 0.25) is 0 Å². The fourth-order valence-electron chi connectivity index (χ4n) is 1.35. The third-order valence-electron chi connectivity index (χ3n) is 1.87. The number of hydrogen-bond donors (Lipinski definition) is 0. The number of hydrogen-bond acceptors (Lipinski definition) is 2. The number of ether oxygens (including phenoxy) is 2. The zero-order chi connectivity index (χ0) is 8.32. The van der Waals surface area contributed by atoms with Gasteiger partial charge in [-0.15, -0.1) is 11.6 Å². The molecule has 1 fully saturated rings. The molecule has 0 N–H and O–H groups in total. The van der Waals surface area contributed by atoms with Crippen LogP contribution < -0.4 is 0 Å². The van der Waals surface area contributed by atoms with Crippen LogP contribution in [0.1, 0.15) is 26.7 Å². The van der Waals surface area contributed by atoms with Gasteiger partial charge < -0.3 is 9.47 Å². The van der Waals surface area contributed by atoms with Crippen LogP contribution in [0, 0.1) is 0 Å². The summed E-state index contributed by atoms with van der Waals surface area (Å²) < 4.78 is 11.1. The molecule has 0 aromatic heterocycles. The summed E-state index contributed by atoms with van der Waals surface area (Å²) in [5.74, 6) is 0.160. The molecule has 0 saturated carbocycles. The van der Waals surface area contributed by atoms with Crippen molar-refractivity contribution in [3.05, 3.63) is 0 Å².